The molecule has 0 bridgehead atoms. The molecule has 2 aromatic rings. The lowest BCUT2D eigenvalue weighted by atomic mass is 10.1. The average Bonchev–Trinajstić information content (AvgIpc) is 3.39. The van der Waals surface area contributed by atoms with Gasteiger partial charge in [-0.1, -0.05) is 35.5 Å². The molecule has 3 atom stereocenters. The number of aliphatic hydroxyl groups is 1. The highest BCUT2D eigenvalue weighted by molar-refractivity contribution is 8.01. The lowest BCUT2D eigenvalue weighted by Crippen LogP contribution is -2.48. The van der Waals surface area contributed by atoms with Crippen LogP contribution in [0, 0.1) is 6.92 Å². The van der Waals surface area contributed by atoms with Gasteiger partial charge in [-0.15, -0.1) is 11.3 Å². The molecule has 4 rings (SSSR count). The molecule has 11 heteroatoms. The van der Waals surface area contributed by atoms with Gasteiger partial charge in [0, 0.05) is 49.4 Å². The number of nitrogens with zero attached hydrogens (tertiary/aromatic N) is 4. The minimum atomic E-state index is -0.628. The van der Waals surface area contributed by atoms with E-state index in [1.54, 1.807) is 23.1 Å². The van der Waals surface area contributed by atoms with Crippen molar-refractivity contribution in [3.8, 4) is 0 Å². The molecular weight excluding hydrogens is 480 g/mol. The molecule has 8 nitrogen and oxygen atoms in total. The van der Waals surface area contributed by atoms with E-state index in [0.717, 1.165) is 46.1 Å². The number of hydrogen-bond donors (Lipinski definition) is 3. The van der Waals surface area contributed by atoms with Gasteiger partial charge in [0.25, 0.3) is 0 Å². The van der Waals surface area contributed by atoms with E-state index in [4.69, 9.17) is 16.3 Å². The molecule has 0 aliphatic carbocycles. The monoisotopic (exact) mass is 510 g/mol. The average molecular weight is 511 g/mol. The first-order valence-electron chi connectivity index (χ1n) is 11.0. The number of aliphatic imine (C=N–C) groups is 1. The van der Waals surface area contributed by atoms with Crippen LogP contribution < -0.4 is 10.7 Å². The predicted octanol–water partition coefficient (Wildman–Crippen LogP) is 2.87. The number of nitrogens with one attached hydrogen (secondary N) is 2. The molecule has 1 fully saturated rings. The van der Waals surface area contributed by atoms with E-state index in [2.05, 4.69) is 37.8 Å². The van der Waals surface area contributed by atoms with E-state index >= 15 is 0 Å². The van der Waals surface area contributed by atoms with Gasteiger partial charge >= 0.3 is 0 Å². The van der Waals surface area contributed by atoms with E-state index in [9.17, 15) is 5.11 Å². The molecule has 2 aliphatic rings. The van der Waals surface area contributed by atoms with E-state index in [-0.39, 0.29) is 12.3 Å². The number of morpholine rings is 1. The number of thioether (sulfide) groups is 1. The van der Waals surface area contributed by atoms with Crippen LogP contribution in [0.4, 0.5) is 0 Å². The molecule has 0 spiro atoms. The number of aromatic nitrogens is 1. The number of thiazole rings is 1. The Balaban J connectivity index is 1.19. The Morgan fingerprint density at radius 3 is 3.03 bits per heavy atom. The van der Waals surface area contributed by atoms with Crippen LogP contribution in [0.25, 0.3) is 0 Å². The maximum Gasteiger partial charge on any atom is 0.163 e. The highest BCUT2D eigenvalue weighted by Gasteiger charge is 2.25. The van der Waals surface area contributed by atoms with Crippen molar-refractivity contribution in [3.05, 3.63) is 45.4 Å². The zero-order valence-corrected chi connectivity index (χ0v) is 21.5. The Bertz CT molecular complexity index is 974. The van der Waals surface area contributed by atoms with Gasteiger partial charge in [0.15, 0.2) is 6.17 Å². The second kappa shape index (κ2) is 11.5. The first-order valence-corrected chi connectivity index (χ1v) is 13.2. The first kappa shape index (κ1) is 24.9. The van der Waals surface area contributed by atoms with Crippen molar-refractivity contribution in [3.63, 3.8) is 0 Å². The van der Waals surface area contributed by atoms with E-state index in [1.165, 1.54) is 5.56 Å². The summed E-state index contributed by atoms with van der Waals surface area (Å²) in [6.07, 6.45) is -0.678. The smallest absolute Gasteiger partial charge is 0.163 e. The minimum Gasteiger partial charge on any atom is -0.378 e. The maximum atomic E-state index is 10.4. The Kier molecular flexibility index (Phi) is 8.64. The van der Waals surface area contributed by atoms with Crippen molar-refractivity contribution in [2.45, 2.75) is 43.2 Å². The zero-order chi connectivity index (χ0) is 23.4. The maximum absolute atomic E-state index is 10.4. The summed E-state index contributed by atoms with van der Waals surface area (Å²) in [5.74, 6) is 1.41. The van der Waals surface area contributed by atoms with Gasteiger partial charge in [0.1, 0.15) is 16.4 Å². The highest BCUT2D eigenvalue weighted by Crippen LogP contribution is 2.29. The molecular formula is C22H31ClN6O2S2. The Morgan fingerprint density at radius 1 is 1.42 bits per heavy atom. The van der Waals surface area contributed by atoms with Gasteiger partial charge in [-0.25, -0.2) is 9.98 Å². The molecule has 1 aromatic heterocycles. The number of amidine groups is 1. The van der Waals surface area contributed by atoms with E-state index in [0.29, 0.717) is 18.9 Å². The number of benzene rings is 1. The summed E-state index contributed by atoms with van der Waals surface area (Å²) < 4.78 is 6.83. The summed E-state index contributed by atoms with van der Waals surface area (Å²) in [5.41, 5.74) is 6.44. The number of ether oxygens (including phenoxy) is 1. The minimum absolute atomic E-state index is 0.0461. The Morgan fingerprint density at radius 2 is 2.27 bits per heavy atom. The van der Waals surface area contributed by atoms with Crippen LogP contribution in [0.5, 0.6) is 0 Å². The number of halogens is 1. The van der Waals surface area contributed by atoms with Gasteiger partial charge in [0.2, 0.25) is 0 Å². The molecule has 180 valence electrons. The number of hydrazine groups is 1. The van der Waals surface area contributed by atoms with Gasteiger partial charge in [-0.05, 0) is 31.0 Å². The SMILES string of the molecule is CC1=NC(c2csc(SCC(O)NC[C@H]3CN(Cc4ccc(Cl)c(C)c4)CCO3)n2)N(C)N1. The van der Waals surface area contributed by atoms with Crippen molar-refractivity contribution < 1.29 is 9.84 Å². The quantitative estimate of drug-likeness (QED) is 0.351. The summed E-state index contributed by atoms with van der Waals surface area (Å²) in [5, 5.41) is 18.4. The molecule has 0 amide bonds. The molecule has 1 aromatic carbocycles. The fraction of sp³-hybridized carbons (Fsp3) is 0.545. The number of hydrogen-bond acceptors (Lipinski definition) is 10. The van der Waals surface area contributed by atoms with E-state index < -0.39 is 6.23 Å². The van der Waals surface area contributed by atoms with Gasteiger partial charge in [-0.2, -0.15) is 5.01 Å². The topological polar surface area (TPSA) is 85.2 Å². The second-order valence-electron chi connectivity index (χ2n) is 8.40. The highest BCUT2D eigenvalue weighted by atomic mass is 35.5. The van der Waals surface area contributed by atoms with Crippen LogP contribution >= 0.6 is 34.7 Å². The largest absolute Gasteiger partial charge is 0.378 e. The third kappa shape index (κ3) is 6.89. The number of aryl methyl sites for hydroxylation is 1. The van der Waals surface area contributed by atoms with Crippen molar-refractivity contribution in [2.24, 2.45) is 4.99 Å². The van der Waals surface area contributed by atoms with Crippen LogP contribution in [0.3, 0.4) is 0 Å². The first-order chi connectivity index (χ1) is 15.9. The molecule has 3 N–H and O–H groups in total. The third-order valence-electron chi connectivity index (χ3n) is 5.58. The van der Waals surface area contributed by atoms with Crippen LogP contribution in [-0.4, -0.2) is 77.2 Å². The molecule has 2 aliphatic heterocycles. The molecule has 1 saturated heterocycles. The lowest BCUT2D eigenvalue weighted by Gasteiger charge is -2.33. The molecule has 3 heterocycles. The number of rotatable bonds is 9. The van der Waals surface area contributed by atoms with Gasteiger partial charge in [-0.3, -0.25) is 10.2 Å². The van der Waals surface area contributed by atoms with Gasteiger partial charge in [0.05, 0.1) is 18.4 Å². The van der Waals surface area contributed by atoms with Crippen molar-refractivity contribution >= 4 is 40.5 Å². The van der Waals surface area contributed by atoms with Crippen LogP contribution in [0.2, 0.25) is 5.02 Å². The fourth-order valence-corrected chi connectivity index (χ4v) is 5.80. The standard InChI is InChI=1S/C22H31ClN6O2S2/c1-14-8-16(4-5-18(14)23)10-29-6-7-31-17(11-29)9-24-20(30)13-33-22-26-19(12-32-22)21-25-15(2)27-28(21)3/h4-5,8,12,17,20-21,24,30H,6-7,9-11,13H2,1-3H3,(H,25,27)/t17-,20?,21?/m0/s1. The lowest BCUT2D eigenvalue weighted by molar-refractivity contribution is -0.0351. The second-order valence-corrected chi connectivity index (χ2v) is 10.9. The molecule has 33 heavy (non-hydrogen) atoms. The van der Waals surface area contributed by atoms with Crippen molar-refractivity contribution in [1.82, 2.24) is 25.6 Å². The van der Waals surface area contributed by atoms with Crippen LogP contribution in [0.15, 0.2) is 32.9 Å². The van der Waals surface area contributed by atoms with Crippen molar-refractivity contribution in [1.29, 1.82) is 0 Å². The summed E-state index contributed by atoms with van der Waals surface area (Å²) in [6.45, 7) is 7.87. The molecule has 2 unspecified atom stereocenters. The fourth-order valence-electron chi connectivity index (χ4n) is 3.92. The Labute approximate surface area is 208 Å². The summed E-state index contributed by atoms with van der Waals surface area (Å²) in [6, 6.07) is 6.19. The van der Waals surface area contributed by atoms with Crippen molar-refractivity contribution in [2.75, 3.05) is 39.0 Å². The summed E-state index contributed by atoms with van der Waals surface area (Å²) in [7, 11) is 1.95. The summed E-state index contributed by atoms with van der Waals surface area (Å²) in [4.78, 5) is 11.6. The van der Waals surface area contributed by atoms with Gasteiger partial charge < -0.3 is 15.3 Å². The number of aliphatic hydroxyl groups excluding tert-OH is 1. The Hall–Kier alpha value is -1.24. The third-order valence-corrected chi connectivity index (χ3v) is 8.12. The predicted molar refractivity (Wildman–Crippen MR) is 135 cm³/mol. The van der Waals surface area contributed by atoms with Crippen LogP contribution in [0.1, 0.15) is 29.9 Å². The molecule has 0 radical (unpaired) electrons. The zero-order valence-electron chi connectivity index (χ0n) is 19.1. The van der Waals surface area contributed by atoms with E-state index in [1.807, 2.05) is 37.4 Å². The molecule has 0 saturated carbocycles. The normalized spacial score (nSPS) is 22.9. The van der Waals surface area contributed by atoms with Crippen LogP contribution in [-0.2, 0) is 11.3 Å². The summed E-state index contributed by atoms with van der Waals surface area (Å²) >= 11 is 9.27.